The molecule has 1 unspecified atom stereocenters. The molecule has 1 heterocycles. The number of aromatic nitrogens is 1. The van der Waals surface area contributed by atoms with Crippen molar-refractivity contribution in [1.82, 2.24) is 9.88 Å². The molecule has 1 atom stereocenters. The first-order valence-electron chi connectivity index (χ1n) is 10.2. The lowest BCUT2D eigenvalue weighted by Gasteiger charge is -2.27. The fourth-order valence-electron chi connectivity index (χ4n) is 3.87. The number of aryl methyl sites for hydroxylation is 1. The number of carbonyl (C=O) groups excluding carboxylic acids is 1. The molecular formula is C23H28N4O2. The minimum atomic E-state index is -0.816. The number of nitrogens with one attached hydrogen (secondary N) is 1. The van der Waals surface area contributed by atoms with Gasteiger partial charge in [0.05, 0.1) is 17.5 Å². The van der Waals surface area contributed by atoms with Gasteiger partial charge in [-0.1, -0.05) is 49.9 Å². The van der Waals surface area contributed by atoms with Gasteiger partial charge in [-0.05, 0) is 35.6 Å². The largest absolute Gasteiger partial charge is 0.353 e. The first-order valence-corrected chi connectivity index (χ1v) is 10.2. The van der Waals surface area contributed by atoms with Crippen molar-refractivity contribution in [2.24, 2.45) is 12.8 Å². The van der Waals surface area contributed by atoms with Crippen LogP contribution in [0, 0.1) is 11.3 Å². The highest BCUT2D eigenvalue weighted by atomic mass is 16.2. The van der Waals surface area contributed by atoms with Crippen LogP contribution in [-0.2, 0) is 11.8 Å². The molecule has 0 saturated heterocycles. The van der Waals surface area contributed by atoms with Gasteiger partial charge < -0.3 is 15.6 Å². The molecule has 1 amide bonds. The minimum absolute atomic E-state index is 0.0583. The van der Waals surface area contributed by atoms with Crippen molar-refractivity contribution in [1.29, 1.82) is 5.26 Å². The average molecular weight is 393 g/mol. The van der Waals surface area contributed by atoms with Crippen molar-refractivity contribution in [3.05, 3.63) is 58.5 Å². The number of benzene rings is 1. The Balaban J connectivity index is 1.67. The quantitative estimate of drug-likeness (QED) is 0.764. The van der Waals surface area contributed by atoms with E-state index in [9.17, 15) is 14.9 Å². The lowest BCUT2D eigenvalue weighted by atomic mass is 9.90. The summed E-state index contributed by atoms with van der Waals surface area (Å²) in [5, 5.41) is 12.5. The van der Waals surface area contributed by atoms with E-state index in [-0.39, 0.29) is 18.0 Å². The molecule has 0 radical (unpaired) electrons. The number of rotatable bonds is 5. The molecule has 0 spiro atoms. The smallest absolute Gasteiger partial charge is 0.250 e. The van der Waals surface area contributed by atoms with Gasteiger partial charge in [0, 0.05) is 25.9 Å². The predicted molar refractivity (Wildman–Crippen MR) is 113 cm³/mol. The van der Waals surface area contributed by atoms with Gasteiger partial charge in [-0.25, -0.2) is 0 Å². The molecule has 1 aliphatic rings. The van der Waals surface area contributed by atoms with Gasteiger partial charge in [0.1, 0.15) is 0 Å². The lowest BCUT2D eigenvalue weighted by molar-refractivity contribution is -0.126. The molecule has 0 bridgehead atoms. The third-order valence-corrected chi connectivity index (χ3v) is 5.80. The van der Waals surface area contributed by atoms with E-state index in [1.807, 2.05) is 24.3 Å². The van der Waals surface area contributed by atoms with Crippen LogP contribution >= 0.6 is 0 Å². The second-order valence-electron chi connectivity index (χ2n) is 7.95. The minimum Gasteiger partial charge on any atom is -0.353 e. The van der Waals surface area contributed by atoms with E-state index in [0.717, 1.165) is 42.4 Å². The standard InChI is InChI=1S/C23H28N4O2/c1-27-16-19(10-11-21(27)28)17-6-8-18(9-7-17)20(14-24)15-26-22(29)23(25)12-4-2-3-5-13-23/h6-11,16,20H,2-5,12-13,15,25H2,1H3,(H,26,29). The van der Waals surface area contributed by atoms with E-state index < -0.39 is 11.5 Å². The summed E-state index contributed by atoms with van der Waals surface area (Å²) >= 11 is 0. The molecule has 1 aliphatic carbocycles. The van der Waals surface area contributed by atoms with Crippen molar-refractivity contribution in [3.8, 4) is 17.2 Å². The van der Waals surface area contributed by atoms with Gasteiger partial charge in [0.15, 0.2) is 0 Å². The Labute approximate surface area is 171 Å². The molecule has 3 rings (SSSR count). The maximum absolute atomic E-state index is 12.6. The van der Waals surface area contributed by atoms with E-state index in [1.54, 1.807) is 19.3 Å². The molecule has 152 valence electrons. The molecule has 3 N–H and O–H groups in total. The zero-order valence-electron chi connectivity index (χ0n) is 16.9. The van der Waals surface area contributed by atoms with Crippen molar-refractivity contribution < 1.29 is 4.79 Å². The number of nitrogens with two attached hydrogens (primary N) is 1. The fraction of sp³-hybridized carbons (Fsp3) is 0.435. The van der Waals surface area contributed by atoms with Crippen LogP contribution in [0.15, 0.2) is 47.4 Å². The number of hydrogen-bond donors (Lipinski definition) is 2. The van der Waals surface area contributed by atoms with Gasteiger partial charge >= 0.3 is 0 Å². The van der Waals surface area contributed by atoms with E-state index in [2.05, 4.69) is 11.4 Å². The van der Waals surface area contributed by atoms with Crippen LogP contribution in [-0.4, -0.2) is 22.6 Å². The molecule has 0 aliphatic heterocycles. The molecule has 2 aromatic rings. The van der Waals surface area contributed by atoms with Crippen LogP contribution in [0.2, 0.25) is 0 Å². The van der Waals surface area contributed by atoms with Crippen LogP contribution in [0.3, 0.4) is 0 Å². The van der Waals surface area contributed by atoms with Crippen molar-refractivity contribution in [2.75, 3.05) is 6.54 Å². The lowest BCUT2D eigenvalue weighted by Crippen LogP contribution is -2.54. The zero-order valence-corrected chi connectivity index (χ0v) is 16.9. The Morgan fingerprint density at radius 1 is 1.14 bits per heavy atom. The molecule has 1 aromatic carbocycles. The molecule has 1 fully saturated rings. The van der Waals surface area contributed by atoms with Crippen LogP contribution in [0.5, 0.6) is 0 Å². The Kier molecular flexibility index (Phi) is 6.50. The Morgan fingerprint density at radius 2 is 1.76 bits per heavy atom. The summed E-state index contributed by atoms with van der Waals surface area (Å²) in [6.45, 7) is 0.244. The number of hydrogen-bond acceptors (Lipinski definition) is 4. The first kappa shape index (κ1) is 20.8. The highest BCUT2D eigenvalue weighted by Crippen LogP contribution is 2.26. The Morgan fingerprint density at radius 3 is 2.34 bits per heavy atom. The van der Waals surface area contributed by atoms with E-state index in [4.69, 9.17) is 5.73 Å². The highest BCUT2D eigenvalue weighted by Gasteiger charge is 2.34. The van der Waals surface area contributed by atoms with E-state index in [0.29, 0.717) is 12.8 Å². The summed E-state index contributed by atoms with van der Waals surface area (Å²) in [5.41, 5.74) is 8.22. The van der Waals surface area contributed by atoms with Crippen LogP contribution in [0.4, 0.5) is 0 Å². The monoisotopic (exact) mass is 392 g/mol. The number of nitriles is 1. The summed E-state index contributed by atoms with van der Waals surface area (Å²) in [7, 11) is 1.72. The molecule has 6 heteroatoms. The zero-order chi connectivity index (χ0) is 20.9. The second kappa shape index (κ2) is 9.06. The van der Waals surface area contributed by atoms with Gasteiger partial charge in [-0.3, -0.25) is 9.59 Å². The van der Waals surface area contributed by atoms with Crippen molar-refractivity contribution in [3.63, 3.8) is 0 Å². The normalized spacial score (nSPS) is 17.0. The van der Waals surface area contributed by atoms with Gasteiger partial charge in [0.2, 0.25) is 11.5 Å². The third-order valence-electron chi connectivity index (χ3n) is 5.80. The Bertz CT molecular complexity index is 948. The molecule has 29 heavy (non-hydrogen) atoms. The molecule has 6 nitrogen and oxygen atoms in total. The average Bonchev–Trinajstić information content (AvgIpc) is 2.96. The molecule has 1 aromatic heterocycles. The summed E-state index contributed by atoms with van der Waals surface area (Å²) in [5.74, 6) is -0.594. The SMILES string of the molecule is Cn1cc(-c2ccc(C(C#N)CNC(=O)C3(N)CCCCCC3)cc2)ccc1=O. The van der Waals surface area contributed by atoms with Gasteiger partial charge in [-0.2, -0.15) is 5.26 Å². The van der Waals surface area contributed by atoms with Crippen molar-refractivity contribution >= 4 is 5.91 Å². The number of amides is 1. The first-order chi connectivity index (χ1) is 13.9. The molecular weight excluding hydrogens is 364 g/mol. The number of nitrogens with zero attached hydrogens (tertiary/aromatic N) is 2. The highest BCUT2D eigenvalue weighted by molar-refractivity contribution is 5.86. The van der Waals surface area contributed by atoms with Crippen LogP contribution in [0.1, 0.15) is 50.0 Å². The third kappa shape index (κ3) is 4.93. The summed E-state index contributed by atoms with van der Waals surface area (Å²) in [6, 6.07) is 13.2. The van der Waals surface area contributed by atoms with Gasteiger partial charge in [-0.15, -0.1) is 0 Å². The van der Waals surface area contributed by atoms with Crippen molar-refractivity contribution in [2.45, 2.75) is 50.0 Å². The number of pyridine rings is 1. The summed E-state index contributed by atoms with van der Waals surface area (Å²) in [6.07, 6.45) is 7.36. The van der Waals surface area contributed by atoms with Gasteiger partial charge in [0.25, 0.3) is 0 Å². The predicted octanol–water partition coefficient (Wildman–Crippen LogP) is 2.83. The van der Waals surface area contributed by atoms with Crippen LogP contribution < -0.4 is 16.6 Å². The van der Waals surface area contributed by atoms with E-state index in [1.165, 1.54) is 10.6 Å². The fourth-order valence-corrected chi connectivity index (χ4v) is 3.87. The maximum atomic E-state index is 12.6. The van der Waals surface area contributed by atoms with Crippen LogP contribution in [0.25, 0.3) is 11.1 Å². The van der Waals surface area contributed by atoms with E-state index >= 15 is 0 Å². The molecule has 1 saturated carbocycles. The topological polar surface area (TPSA) is 101 Å². The summed E-state index contributed by atoms with van der Waals surface area (Å²) in [4.78, 5) is 24.2. The maximum Gasteiger partial charge on any atom is 0.250 e. The Hall–Kier alpha value is -2.91. The number of carbonyl (C=O) groups is 1. The second-order valence-corrected chi connectivity index (χ2v) is 7.95. The summed E-state index contributed by atoms with van der Waals surface area (Å²) < 4.78 is 1.53.